The number of carbonyl (C=O) groups is 2. The van der Waals surface area contributed by atoms with Crippen molar-refractivity contribution >= 4 is 33.2 Å². The first-order chi connectivity index (χ1) is 14.0. The molecule has 2 aliphatic heterocycles. The number of benzene rings is 1. The summed E-state index contributed by atoms with van der Waals surface area (Å²) in [7, 11) is -3.22. The Morgan fingerprint density at radius 2 is 1.93 bits per heavy atom. The number of amides is 2. The molecule has 1 aromatic carbocycles. The van der Waals surface area contributed by atoms with Crippen LogP contribution in [0.5, 0.6) is 5.75 Å². The zero-order valence-electron chi connectivity index (χ0n) is 18.1. The normalized spacial score (nSPS) is 20.3. The summed E-state index contributed by atoms with van der Waals surface area (Å²) >= 11 is 0. The molecule has 30 heavy (non-hydrogen) atoms. The minimum absolute atomic E-state index is 0.0255. The number of ether oxygens (including phenoxy) is 1. The predicted octanol–water partition coefficient (Wildman–Crippen LogP) is 2.46. The van der Waals surface area contributed by atoms with Gasteiger partial charge in [-0.3, -0.25) is 9.59 Å². The summed E-state index contributed by atoms with van der Waals surface area (Å²) in [5, 5.41) is 2.92. The summed E-state index contributed by atoms with van der Waals surface area (Å²) < 4.78 is 30.6. The Bertz CT molecular complexity index is 921. The Balaban J connectivity index is 1.73. The van der Waals surface area contributed by atoms with E-state index in [0.717, 1.165) is 6.42 Å². The van der Waals surface area contributed by atoms with Crippen LogP contribution < -0.4 is 15.0 Å². The monoisotopic (exact) mass is 437 g/mol. The standard InChI is InChI=1S/C21H31N3O5S/c1-5-10-24-17-7-6-16(13-18(17)29-14-21(2,3)20(24)26)22-19(25)15-8-11-23(12-9-15)30(4,27)28/h6-7,13,15H,5,8-12,14H2,1-4H3,(H,22,25). The second kappa shape index (κ2) is 8.55. The van der Waals surface area contributed by atoms with Crippen molar-refractivity contribution in [2.24, 2.45) is 11.3 Å². The van der Waals surface area contributed by atoms with E-state index in [2.05, 4.69) is 5.32 Å². The number of hydrogen-bond acceptors (Lipinski definition) is 5. The van der Waals surface area contributed by atoms with E-state index in [1.807, 2.05) is 26.8 Å². The van der Waals surface area contributed by atoms with Crippen LogP contribution in [0.25, 0.3) is 0 Å². The fraction of sp³-hybridized carbons (Fsp3) is 0.619. The molecule has 2 heterocycles. The fourth-order valence-corrected chi connectivity index (χ4v) is 4.74. The van der Waals surface area contributed by atoms with Crippen LogP contribution in [0.15, 0.2) is 18.2 Å². The number of sulfonamides is 1. The van der Waals surface area contributed by atoms with Crippen molar-refractivity contribution in [2.45, 2.75) is 40.0 Å². The van der Waals surface area contributed by atoms with Gasteiger partial charge in [-0.2, -0.15) is 0 Å². The van der Waals surface area contributed by atoms with Crippen molar-refractivity contribution < 1.29 is 22.7 Å². The molecular weight excluding hydrogens is 406 g/mol. The molecule has 0 spiro atoms. The summed E-state index contributed by atoms with van der Waals surface area (Å²) in [5.41, 5.74) is 0.685. The molecular formula is C21H31N3O5S. The maximum Gasteiger partial charge on any atom is 0.236 e. The highest BCUT2D eigenvalue weighted by molar-refractivity contribution is 7.88. The average molecular weight is 438 g/mol. The van der Waals surface area contributed by atoms with Gasteiger partial charge in [0.2, 0.25) is 21.8 Å². The first-order valence-corrected chi connectivity index (χ1v) is 12.2. The van der Waals surface area contributed by atoms with Crippen molar-refractivity contribution in [3.63, 3.8) is 0 Å². The smallest absolute Gasteiger partial charge is 0.236 e. The summed E-state index contributed by atoms with van der Waals surface area (Å²) in [4.78, 5) is 27.4. The molecule has 1 N–H and O–H groups in total. The van der Waals surface area contributed by atoms with E-state index in [1.165, 1.54) is 10.6 Å². The molecule has 0 aromatic heterocycles. The molecule has 0 radical (unpaired) electrons. The van der Waals surface area contributed by atoms with Crippen LogP contribution >= 0.6 is 0 Å². The zero-order chi connectivity index (χ0) is 22.1. The molecule has 1 fully saturated rings. The molecule has 1 saturated heterocycles. The largest absolute Gasteiger partial charge is 0.490 e. The van der Waals surface area contributed by atoms with Gasteiger partial charge < -0.3 is 15.0 Å². The van der Waals surface area contributed by atoms with E-state index >= 15 is 0 Å². The highest BCUT2D eigenvalue weighted by atomic mass is 32.2. The highest BCUT2D eigenvalue weighted by Gasteiger charge is 2.37. The number of nitrogens with one attached hydrogen (secondary N) is 1. The number of anilines is 2. The third-order valence-electron chi connectivity index (χ3n) is 5.67. The van der Waals surface area contributed by atoms with Crippen LogP contribution in [-0.2, 0) is 19.6 Å². The molecule has 8 nitrogen and oxygen atoms in total. The lowest BCUT2D eigenvalue weighted by Gasteiger charge is -2.29. The first-order valence-electron chi connectivity index (χ1n) is 10.4. The van der Waals surface area contributed by atoms with Gasteiger partial charge in [-0.1, -0.05) is 6.92 Å². The summed E-state index contributed by atoms with van der Waals surface area (Å²) in [6, 6.07) is 5.35. The topological polar surface area (TPSA) is 96.0 Å². The zero-order valence-corrected chi connectivity index (χ0v) is 18.9. The quantitative estimate of drug-likeness (QED) is 0.763. The summed E-state index contributed by atoms with van der Waals surface area (Å²) in [6.45, 7) is 7.34. The molecule has 166 valence electrons. The maximum absolute atomic E-state index is 12.9. The van der Waals surface area contributed by atoms with Crippen molar-refractivity contribution in [1.82, 2.24) is 4.31 Å². The van der Waals surface area contributed by atoms with Crippen molar-refractivity contribution in [3.05, 3.63) is 18.2 Å². The maximum atomic E-state index is 12.9. The third kappa shape index (κ3) is 4.78. The van der Waals surface area contributed by atoms with Gasteiger partial charge in [0.1, 0.15) is 12.4 Å². The number of fused-ring (bicyclic) bond motifs is 1. The summed E-state index contributed by atoms with van der Waals surface area (Å²) in [5.74, 6) is 0.239. The lowest BCUT2D eigenvalue weighted by atomic mass is 9.93. The fourth-order valence-electron chi connectivity index (χ4n) is 3.86. The first kappa shape index (κ1) is 22.6. The molecule has 0 aliphatic carbocycles. The molecule has 3 rings (SSSR count). The number of rotatable bonds is 5. The molecule has 0 unspecified atom stereocenters. The third-order valence-corrected chi connectivity index (χ3v) is 6.97. The minimum Gasteiger partial charge on any atom is -0.490 e. The minimum atomic E-state index is -3.22. The van der Waals surface area contributed by atoms with Crippen LogP contribution in [0.2, 0.25) is 0 Å². The number of hydrogen-bond donors (Lipinski definition) is 1. The Labute approximate surface area is 178 Å². The molecule has 1 aromatic rings. The lowest BCUT2D eigenvalue weighted by molar-refractivity contribution is -0.127. The van der Waals surface area contributed by atoms with Crippen molar-refractivity contribution in [2.75, 3.05) is 42.7 Å². The van der Waals surface area contributed by atoms with E-state index in [9.17, 15) is 18.0 Å². The van der Waals surface area contributed by atoms with Gasteiger partial charge in [0, 0.05) is 37.3 Å². The van der Waals surface area contributed by atoms with Crippen molar-refractivity contribution in [1.29, 1.82) is 0 Å². The van der Waals surface area contributed by atoms with Gasteiger partial charge in [-0.15, -0.1) is 0 Å². The van der Waals surface area contributed by atoms with E-state index in [1.54, 1.807) is 17.0 Å². The Kier molecular flexibility index (Phi) is 6.43. The summed E-state index contributed by atoms with van der Waals surface area (Å²) in [6.07, 6.45) is 3.00. The van der Waals surface area contributed by atoms with Crippen LogP contribution in [-0.4, -0.2) is 57.0 Å². The Morgan fingerprint density at radius 3 is 2.53 bits per heavy atom. The van der Waals surface area contributed by atoms with Gasteiger partial charge in [-0.05, 0) is 45.2 Å². The van der Waals surface area contributed by atoms with E-state index < -0.39 is 15.4 Å². The number of carbonyl (C=O) groups excluding carboxylic acids is 2. The van der Waals surface area contributed by atoms with Crippen LogP contribution in [0, 0.1) is 11.3 Å². The number of nitrogens with zero attached hydrogens (tertiary/aromatic N) is 2. The Hall–Kier alpha value is -2.13. The predicted molar refractivity (Wildman–Crippen MR) is 116 cm³/mol. The Morgan fingerprint density at radius 1 is 1.27 bits per heavy atom. The highest BCUT2D eigenvalue weighted by Crippen LogP contribution is 2.38. The van der Waals surface area contributed by atoms with E-state index in [0.29, 0.717) is 49.6 Å². The van der Waals surface area contributed by atoms with Crippen LogP contribution in [0.3, 0.4) is 0 Å². The van der Waals surface area contributed by atoms with Gasteiger partial charge in [0.25, 0.3) is 0 Å². The molecule has 9 heteroatoms. The van der Waals surface area contributed by atoms with Gasteiger partial charge >= 0.3 is 0 Å². The molecule has 0 bridgehead atoms. The number of piperidine rings is 1. The van der Waals surface area contributed by atoms with Gasteiger partial charge in [0.15, 0.2) is 0 Å². The second-order valence-corrected chi connectivity index (χ2v) is 10.7. The van der Waals surface area contributed by atoms with Crippen LogP contribution in [0.4, 0.5) is 11.4 Å². The molecule has 2 aliphatic rings. The van der Waals surface area contributed by atoms with Crippen molar-refractivity contribution in [3.8, 4) is 5.75 Å². The molecule has 0 saturated carbocycles. The second-order valence-electron chi connectivity index (χ2n) is 8.74. The lowest BCUT2D eigenvalue weighted by Crippen LogP contribution is -2.42. The van der Waals surface area contributed by atoms with E-state index in [4.69, 9.17) is 4.74 Å². The van der Waals surface area contributed by atoms with Crippen LogP contribution in [0.1, 0.15) is 40.0 Å². The van der Waals surface area contributed by atoms with Gasteiger partial charge in [0.05, 0.1) is 17.4 Å². The van der Waals surface area contributed by atoms with Gasteiger partial charge in [-0.25, -0.2) is 12.7 Å². The average Bonchev–Trinajstić information content (AvgIpc) is 2.78. The SMILES string of the molecule is CCCN1C(=O)C(C)(C)COc2cc(NC(=O)C3CCN(S(C)(=O)=O)CC3)ccc21. The molecule has 0 atom stereocenters. The van der Waals surface area contributed by atoms with E-state index in [-0.39, 0.29) is 24.3 Å². The molecule has 2 amide bonds.